The van der Waals surface area contributed by atoms with E-state index in [2.05, 4.69) is 25.4 Å². The van der Waals surface area contributed by atoms with Crippen LogP contribution in [0.25, 0.3) is 5.69 Å². The first-order valence-electron chi connectivity index (χ1n) is 9.05. The third kappa shape index (κ3) is 4.16. The average Bonchev–Trinajstić information content (AvgIpc) is 3.29. The van der Waals surface area contributed by atoms with E-state index in [1.54, 1.807) is 18.6 Å². The number of nitrogens with one attached hydrogen (secondary N) is 1. The van der Waals surface area contributed by atoms with Gasteiger partial charge in [-0.25, -0.2) is 19.4 Å². The number of amides is 2. The van der Waals surface area contributed by atoms with Crippen LogP contribution in [-0.4, -0.2) is 61.8 Å². The van der Waals surface area contributed by atoms with Gasteiger partial charge in [0.15, 0.2) is 0 Å². The second-order valence-corrected chi connectivity index (χ2v) is 6.54. The summed E-state index contributed by atoms with van der Waals surface area (Å²) in [5.41, 5.74) is -1.08. The van der Waals surface area contributed by atoms with Gasteiger partial charge in [-0.15, -0.1) is 0 Å². The van der Waals surface area contributed by atoms with E-state index in [0.29, 0.717) is 32.0 Å². The molecule has 2 amide bonds. The number of alkyl halides is 3. The first-order valence-corrected chi connectivity index (χ1v) is 9.05. The zero-order valence-corrected chi connectivity index (χ0v) is 15.6. The molecule has 4 rings (SSSR count). The number of aromatic nitrogens is 5. The number of urea groups is 1. The molecule has 0 unspecified atom stereocenters. The molecule has 1 fully saturated rings. The van der Waals surface area contributed by atoms with Gasteiger partial charge in [-0.2, -0.15) is 18.3 Å². The lowest BCUT2D eigenvalue weighted by Gasteiger charge is -2.35. The maximum absolute atomic E-state index is 13.6. The molecule has 0 bridgehead atoms. The van der Waals surface area contributed by atoms with Crippen molar-refractivity contribution in [2.24, 2.45) is 0 Å². The highest BCUT2D eigenvalue weighted by Crippen LogP contribution is 2.36. The van der Waals surface area contributed by atoms with E-state index >= 15 is 0 Å². The summed E-state index contributed by atoms with van der Waals surface area (Å²) in [6.07, 6.45) is 2.65. The molecule has 3 aromatic rings. The van der Waals surface area contributed by atoms with Gasteiger partial charge in [-0.1, -0.05) is 0 Å². The highest BCUT2D eigenvalue weighted by molar-refractivity contribution is 5.90. The first kappa shape index (κ1) is 19.6. The second-order valence-electron chi connectivity index (χ2n) is 6.54. The number of piperazine rings is 1. The number of rotatable bonds is 3. The predicted molar refractivity (Wildman–Crippen MR) is 101 cm³/mol. The summed E-state index contributed by atoms with van der Waals surface area (Å²) in [6, 6.07) is 2.99. The van der Waals surface area contributed by atoms with Crippen LogP contribution in [0.2, 0.25) is 0 Å². The molecule has 1 aliphatic rings. The van der Waals surface area contributed by atoms with Crippen LogP contribution >= 0.6 is 0 Å². The second kappa shape index (κ2) is 7.97. The topological polar surface area (TPSA) is 92.1 Å². The monoisotopic (exact) mass is 418 g/mol. The highest BCUT2D eigenvalue weighted by atomic mass is 19.4. The van der Waals surface area contributed by atoms with Crippen molar-refractivity contribution in [3.63, 3.8) is 0 Å². The zero-order chi connectivity index (χ0) is 21.1. The van der Waals surface area contributed by atoms with Crippen molar-refractivity contribution in [2.45, 2.75) is 6.18 Å². The van der Waals surface area contributed by atoms with Crippen LogP contribution in [0.5, 0.6) is 0 Å². The van der Waals surface area contributed by atoms with E-state index in [9.17, 15) is 18.0 Å². The summed E-state index contributed by atoms with van der Waals surface area (Å²) in [5.74, 6) is 0.695. The minimum absolute atomic E-state index is 0.190. The van der Waals surface area contributed by atoms with Gasteiger partial charge in [-0.3, -0.25) is 4.98 Å². The lowest BCUT2D eigenvalue weighted by molar-refractivity contribution is -0.136. The minimum Gasteiger partial charge on any atom is -0.352 e. The molecule has 156 valence electrons. The number of halogens is 3. The Balaban J connectivity index is 1.47. The number of nitrogens with zero attached hydrogens (tertiary/aromatic N) is 7. The Kier molecular flexibility index (Phi) is 5.21. The Morgan fingerprint density at radius 2 is 1.87 bits per heavy atom. The van der Waals surface area contributed by atoms with Crippen LogP contribution in [0.4, 0.5) is 29.5 Å². The van der Waals surface area contributed by atoms with Crippen molar-refractivity contribution in [2.75, 3.05) is 36.4 Å². The molecule has 1 aliphatic heterocycles. The fourth-order valence-electron chi connectivity index (χ4n) is 3.15. The van der Waals surface area contributed by atoms with Crippen molar-refractivity contribution in [1.82, 2.24) is 29.6 Å². The summed E-state index contributed by atoms with van der Waals surface area (Å²) in [6.45, 7) is 1.70. The van der Waals surface area contributed by atoms with Gasteiger partial charge < -0.3 is 15.1 Å². The molecule has 1 N–H and O–H groups in total. The Hall–Kier alpha value is -3.70. The molecule has 9 nitrogen and oxygen atoms in total. The molecule has 0 spiro atoms. The molecule has 30 heavy (non-hydrogen) atoms. The number of benzene rings is 1. The van der Waals surface area contributed by atoms with E-state index in [1.807, 2.05) is 4.90 Å². The number of hydrogen-bond acceptors (Lipinski definition) is 6. The minimum atomic E-state index is -4.65. The molecule has 2 aromatic heterocycles. The zero-order valence-electron chi connectivity index (χ0n) is 15.6. The predicted octanol–water partition coefficient (Wildman–Crippen LogP) is 2.43. The smallest absolute Gasteiger partial charge is 0.352 e. The number of hydrogen-bond donors (Lipinski definition) is 1. The summed E-state index contributed by atoms with van der Waals surface area (Å²) in [7, 11) is 0. The van der Waals surface area contributed by atoms with Gasteiger partial charge in [-0.05, 0) is 18.2 Å². The van der Waals surface area contributed by atoms with Crippen LogP contribution in [0.1, 0.15) is 5.56 Å². The molecule has 0 atom stereocenters. The van der Waals surface area contributed by atoms with Gasteiger partial charge in [0.25, 0.3) is 0 Å². The van der Waals surface area contributed by atoms with E-state index < -0.39 is 17.8 Å². The molecule has 3 heterocycles. The summed E-state index contributed by atoms with van der Waals surface area (Å²) in [5, 5.41) is 6.22. The van der Waals surface area contributed by atoms with Gasteiger partial charge in [0, 0.05) is 38.6 Å². The Labute approximate surface area is 169 Å². The third-order valence-corrected chi connectivity index (χ3v) is 4.67. The molecule has 0 radical (unpaired) electrons. The Morgan fingerprint density at radius 1 is 1.07 bits per heavy atom. The molecule has 1 aromatic carbocycles. The number of carbonyl (C=O) groups excluding carboxylic acids is 1. The third-order valence-electron chi connectivity index (χ3n) is 4.67. The van der Waals surface area contributed by atoms with E-state index in [-0.39, 0.29) is 11.4 Å². The van der Waals surface area contributed by atoms with Crippen molar-refractivity contribution in [3.05, 3.63) is 55.0 Å². The van der Waals surface area contributed by atoms with E-state index in [4.69, 9.17) is 0 Å². The van der Waals surface area contributed by atoms with Crippen molar-refractivity contribution < 1.29 is 18.0 Å². The summed E-state index contributed by atoms with van der Waals surface area (Å²) >= 11 is 0. The van der Waals surface area contributed by atoms with Crippen LogP contribution < -0.4 is 10.2 Å². The normalized spacial score (nSPS) is 14.6. The van der Waals surface area contributed by atoms with Crippen molar-refractivity contribution >= 4 is 17.5 Å². The highest BCUT2D eigenvalue weighted by Gasteiger charge is 2.35. The quantitative estimate of drug-likeness (QED) is 0.703. The fourth-order valence-corrected chi connectivity index (χ4v) is 3.15. The fraction of sp³-hybridized carbons (Fsp3) is 0.278. The average molecular weight is 418 g/mol. The molecular formula is C18H17F3N8O. The maximum Gasteiger partial charge on any atom is 0.418 e. The van der Waals surface area contributed by atoms with Crippen molar-refractivity contribution in [3.8, 4) is 5.69 Å². The number of carbonyl (C=O) groups is 1. The summed E-state index contributed by atoms with van der Waals surface area (Å²) < 4.78 is 41.9. The first-order chi connectivity index (χ1) is 14.4. The standard InChI is InChI=1S/C18H17F3N8O/c19-18(20,21)14-9-13(29-12-23-11-25-29)1-2-15(14)26-17(30)28-7-5-27(6-8-28)16-10-22-3-4-24-16/h1-4,9-12H,5-8H2,(H,26,30). The SMILES string of the molecule is O=C(Nc1ccc(-n2cncn2)cc1C(F)(F)F)N1CCN(c2cnccn2)CC1. The van der Waals surface area contributed by atoms with E-state index in [0.717, 1.165) is 6.07 Å². The van der Waals surface area contributed by atoms with Crippen LogP contribution in [0.15, 0.2) is 49.4 Å². The molecular weight excluding hydrogens is 401 g/mol. The molecule has 0 saturated carbocycles. The van der Waals surface area contributed by atoms with Crippen molar-refractivity contribution in [1.29, 1.82) is 0 Å². The van der Waals surface area contributed by atoms with Gasteiger partial charge in [0.1, 0.15) is 18.5 Å². The van der Waals surface area contributed by atoms with Gasteiger partial charge >= 0.3 is 12.2 Å². The lowest BCUT2D eigenvalue weighted by Crippen LogP contribution is -2.50. The molecule has 0 aliphatic carbocycles. The molecule has 12 heteroatoms. The molecule has 1 saturated heterocycles. The Bertz CT molecular complexity index is 1000. The number of anilines is 2. The largest absolute Gasteiger partial charge is 0.418 e. The van der Waals surface area contributed by atoms with Gasteiger partial charge in [0.2, 0.25) is 0 Å². The van der Waals surface area contributed by atoms with Crippen LogP contribution in [-0.2, 0) is 6.18 Å². The van der Waals surface area contributed by atoms with E-state index in [1.165, 1.54) is 34.4 Å². The summed E-state index contributed by atoms with van der Waals surface area (Å²) in [4.78, 5) is 28.0. The van der Waals surface area contributed by atoms with Gasteiger partial charge in [0.05, 0.1) is 23.1 Å². The maximum atomic E-state index is 13.6. The van der Waals surface area contributed by atoms with Crippen LogP contribution in [0.3, 0.4) is 0 Å². The van der Waals surface area contributed by atoms with Crippen LogP contribution in [0, 0.1) is 0 Å². The lowest BCUT2D eigenvalue weighted by atomic mass is 10.1. The Morgan fingerprint density at radius 3 is 2.50 bits per heavy atom.